The zero-order valence-electron chi connectivity index (χ0n) is 12.2. The Morgan fingerprint density at radius 1 is 1.39 bits per heavy atom. The summed E-state index contributed by atoms with van der Waals surface area (Å²) in [6, 6.07) is 1.28. The van der Waals surface area contributed by atoms with Gasteiger partial charge in [0.25, 0.3) is 0 Å². The number of likely N-dealkylation sites (tertiary alicyclic amines) is 1. The average Bonchev–Trinajstić information content (AvgIpc) is 2.42. The maximum Gasteiger partial charge on any atom is 0.0480 e. The van der Waals surface area contributed by atoms with Gasteiger partial charge in [-0.1, -0.05) is 0 Å². The van der Waals surface area contributed by atoms with E-state index in [9.17, 15) is 0 Å². The Balaban J connectivity index is 2.06. The van der Waals surface area contributed by atoms with Crippen molar-refractivity contribution in [1.82, 2.24) is 9.80 Å². The van der Waals surface area contributed by atoms with Gasteiger partial charge < -0.3 is 15.4 Å². The van der Waals surface area contributed by atoms with Crippen molar-refractivity contribution in [2.75, 3.05) is 40.4 Å². The lowest BCUT2D eigenvalue weighted by Gasteiger charge is -2.52. The third-order valence-electron chi connectivity index (χ3n) is 5.22. The number of likely N-dealkylation sites (N-methyl/N-ethyl adjacent to an activating group) is 1. The molecule has 2 unspecified atom stereocenters. The van der Waals surface area contributed by atoms with Crippen LogP contribution in [0.5, 0.6) is 0 Å². The molecule has 4 nitrogen and oxygen atoms in total. The number of rotatable bonds is 3. The van der Waals surface area contributed by atoms with E-state index in [0.29, 0.717) is 12.1 Å². The van der Waals surface area contributed by atoms with Crippen molar-refractivity contribution in [2.24, 2.45) is 5.73 Å². The Labute approximate surface area is 111 Å². The highest BCUT2D eigenvalue weighted by molar-refractivity contribution is 4.99. The average molecular weight is 255 g/mol. The Morgan fingerprint density at radius 3 is 2.61 bits per heavy atom. The van der Waals surface area contributed by atoms with Crippen molar-refractivity contribution >= 4 is 0 Å². The zero-order chi connectivity index (χ0) is 13.2. The summed E-state index contributed by atoms with van der Waals surface area (Å²) in [7, 11) is 4.50. The largest absolute Gasteiger partial charge is 0.381 e. The number of hydrogen-bond acceptors (Lipinski definition) is 4. The Morgan fingerprint density at radius 2 is 2.06 bits per heavy atom. The summed E-state index contributed by atoms with van der Waals surface area (Å²) in [6.45, 7) is 6.07. The van der Waals surface area contributed by atoms with Gasteiger partial charge in [0.1, 0.15) is 0 Å². The van der Waals surface area contributed by atoms with Crippen LogP contribution < -0.4 is 5.73 Å². The highest BCUT2D eigenvalue weighted by atomic mass is 16.5. The van der Waals surface area contributed by atoms with E-state index in [1.165, 1.54) is 12.8 Å². The van der Waals surface area contributed by atoms with Crippen LogP contribution in [0.2, 0.25) is 0 Å². The van der Waals surface area contributed by atoms with Gasteiger partial charge in [-0.05, 0) is 53.2 Å². The molecule has 0 aromatic rings. The summed E-state index contributed by atoms with van der Waals surface area (Å²) in [5.41, 5.74) is 6.36. The molecule has 2 saturated heterocycles. The van der Waals surface area contributed by atoms with Crippen LogP contribution in [0.15, 0.2) is 0 Å². The molecule has 106 valence electrons. The smallest absolute Gasteiger partial charge is 0.0480 e. The first-order chi connectivity index (χ1) is 8.59. The van der Waals surface area contributed by atoms with E-state index in [2.05, 4.69) is 30.8 Å². The summed E-state index contributed by atoms with van der Waals surface area (Å²) < 4.78 is 5.48. The van der Waals surface area contributed by atoms with Gasteiger partial charge >= 0.3 is 0 Å². The van der Waals surface area contributed by atoms with Crippen molar-refractivity contribution in [3.8, 4) is 0 Å². The van der Waals surface area contributed by atoms with Gasteiger partial charge in [-0.15, -0.1) is 0 Å². The second-order valence-electron chi connectivity index (χ2n) is 6.17. The normalized spacial score (nSPS) is 36.2. The van der Waals surface area contributed by atoms with Crippen LogP contribution in [-0.4, -0.2) is 67.8 Å². The van der Waals surface area contributed by atoms with Crippen molar-refractivity contribution in [2.45, 2.75) is 50.2 Å². The molecule has 0 aliphatic carbocycles. The highest BCUT2D eigenvalue weighted by Gasteiger charge is 2.41. The van der Waals surface area contributed by atoms with E-state index in [1.54, 1.807) is 0 Å². The second kappa shape index (κ2) is 5.87. The first-order valence-corrected chi connectivity index (χ1v) is 7.30. The maximum atomic E-state index is 6.16. The molecule has 0 aromatic heterocycles. The molecule has 4 heteroatoms. The van der Waals surface area contributed by atoms with E-state index < -0.39 is 0 Å². The van der Waals surface area contributed by atoms with Crippen molar-refractivity contribution < 1.29 is 4.74 Å². The minimum absolute atomic E-state index is 0.202. The third kappa shape index (κ3) is 2.72. The lowest BCUT2D eigenvalue weighted by Crippen LogP contribution is -2.62. The SMILES string of the molecule is CC1CC(CN)(N(C)C2CCOCC2)CCN1C. The summed E-state index contributed by atoms with van der Waals surface area (Å²) in [5.74, 6) is 0. The monoisotopic (exact) mass is 255 g/mol. The third-order valence-corrected chi connectivity index (χ3v) is 5.22. The van der Waals surface area contributed by atoms with E-state index in [4.69, 9.17) is 10.5 Å². The quantitative estimate of drug-likeness (QED) is 0.814. The van der Waals surface area contributed by atoms with Gasteiger partial charge in [-0.25, -0.2) is 0 Å². The van der Waals surface area contributed by atoms with Gasteiger partial charge in [0.2, 0.25) is 0 Å². The lowest BCUT2D eigenvalue weighted by atomic mass is 9.81. The van der Waals surface area contributed by atoms with Crippen LogP contribution in [0.3, 0.4) is 0 Å². The zero-order valence-corrected chi connectivity index (χ0v) is 12.2. The number of ether oxygens (including phenoxy) is 1. The Bertz CT molecular complexity index is 268. The van der Waals surface area contributed by atoms with E-state index in [1.807, 2.05) is 0 Å². The molecule has 0 spiro atoms. The highest BCUT2D eigenvalue weighted by Crippen LogP contribution is 2.33. The van der Waals surface area contributed by atoms with Crippen LogP contribution in [0.4, 0.5) is 0 Å². The van der Waals surface area contributed by atoms with Gasteiger partial charge in [0.05, 0.1) is 0 Å². The van der Waals surface area contributed by atoms with Crippen LogP contribution in [-0.2, 0) is 4.74 Å². The molecule has 0 amide bonds. The van der Waals surface area contributed by atoms with Crippen molar-refractivity contribution in [3.05, 3.63) is 0 Å². The molecule has 2 fully saturated rings. The first-order valence-electron chi connectivity index (χ1n) is 7.30. The molecule has 18 heavy (non-hydrogen) atoms. The molecule has 0 radical (unpaired) electrons. The van der Waals surface area contributed by atoms with Crippen LogP contribution in [0.25, 0.3) is 0 Å². The first kappa shape index (κ1) is 14.3. The molecule has 0 bridgehead atoms. The standard InChI is InChI=1S/C14H29N3O/c1-12-10-14(11-15,6-7-16(12)2)17(3)13-4-8-18-9-5-13/h12-13H,4-11,15H2,1-3H3. The van der Waals surface area contributed by atoms with Crippen molar-refractivity contribution in [3.63, 3.8) is 0 Å². The molecule has 2 N–H and O–H groups in total. The fourth-order valence-electron chi connectivity index (χ4n) is 3.52. The molecular weight excluding hydrogens is 226 g/mol. The minimum atomic E-state index is 0.202. The topological polar surface area (TPSA) is 41.7 Å². The molecule has 2 aliphatic heterocycles. The fourth-order valence-corrected chi connectivity index (χ4v) is 3.52. The van der Waals surface area contributed by atoms with Gasteiger partial charge in [-0.3, -0.25) is 4.90 Å². The van der Waals surface area contributed by atoms with E-state index in [-0.39, 0.29) is 5.54 Å². The Kier molecular flexibility index (Phi) is 4.64. The number of hydrogen-bond donors (Lipinski definition) is 1. The predicted molar refractivity (Wildman–Crippen MR) is 74.7 cm³/mol. The Hall–Kier alpha value is -0.160. The van der Waals surface area contributed by atoms with Gasteiger partial charge in [-0.2, -0.15) is 0 Å². The van der Waals surface area contributed by atoms with Gasteiger partial charge in [0.15, 0.2) is 0 Å². The molecule has 2 rings (SSSR count). The molecule has 2 aliphatic rings. The molecule has 2 heterocycles. The fraction of sp³-hybridized carbons (Fsp3) is 1.00. The van der Waals surface area contributed by atoms with Crippen LogP contribution >= 0.6 is 0 Å². The molecule has 0 aromatic carbocycles. The summed E-state index contributed by atoms with van der Waals surface area (Å²) in [6.07, 6.45) is 4.69. The minimum Gasteiger partial charge on any atom is -0.381 e. The second-order valence-corrected chi connectivity index (χ2v) is 6.17. The lowest BCUT2D eigenvalue weighted by molar-refractivity contribution is -0.0354. The number of nitrogens with zero attached hydrogens (tertiary/aromatic N) is 2. The maximum absolute atomic E-state index is 6.16. The predicted octanol–water partition coefficient (Wildman–Crippen LogP) is 0.909. The summed E-state index contributed by atoms with van der Waals surface area (Å²) in [5, 5.41) is 0. The molecule has 0 saturated carbocycles. The molecular formula is C14H29N3O. The molecule has 2 atom stereocenters. The van der Waals surface area contributed by atoms with Gasteiger partial charge in [0, 0.05) is 37.4 Å². The number of piperidine rings is 1. The summed E-state index contributed by atoms with van der Waals surface area (Å²) >= 11 is 0. The van der Waals surface area contributed by atoms with Crippen LogP contribution in [0.1, 0.15) is 32.6 Å². The summed E-state index contributed by atoms with van der Waals surface area (Å²) in [4.78, 5) is 5.03. The van der Waals surface area contributed by atoms with Crippen LogP contribution in [0, 0.1) is 0 Å². The van der Waals surface area contributed by atoms with Crippen molar-refractivity contribution in [1.29, 1.82) is 0 Å². The number of nitrogens with two attached hydrogens (primary N) is 1. The van der Waals surface area contributed by atoms with E-state index in [0.717, 1.165) is 39.1 Å². The van der Waals surface area contributed by atoms with E-state index >= 15 is 0 Å².